The zero-order valence-corrected chi connectivity index (χ0v) is 9.42. The second kappa shape index (κ2) is 3.20. The Morgan fingerprint density at radius 2 is 2.00 bits per heavy atom. The number of pyridine rings is 2. The van der Waals surface area contributed by atoms with Crippen LogP contribution in [0.15, 0.2) is 53.5 Å². The number of nitrogens with one attached hydrogen (secondary N) is 1. The molecule has 0 saturated heterocycles. The van der Waals surface area contributed by atoms with Gasteiger partial charge >= 0.3 is 0 Å². The fourth-order valence-corrected chi connectivity index (χ4v) is 2.30. The van der Waals surface area contributed by atoms with Crippen molar-refractivity contribution < 1.29 is 0 Å². The lowest BCUT2D eigenvalue weighted by molar-refractivity contribution is 1.22. The van der Waals surface area contributed by atoms with Crippen molar-refractivity contribution in [1.82, 2.24) is 14.4 Å². The summed E-state index contributed by atoms with van der Waals surface area (Å²) in [6.45, 7) is 0. The number of hydrogen-bond acceptors (Lipinski definition) is 2. The van der Waals surface area contributed by atoms with Crippen LogP contribution in [-0.4, -0.2) is 14.4 Å². The summed E-state index contributed by atoms with van der Waals surface area (Å²) in [5.74, 6) is 0. The number of nitrogens with zero attached hydrogens (tertiary/aromatic N) is 2. The summed E-state index contributed by atoms with van der Waals surface area (Å²) in [5, 5.41) is 0.991. The molecule has 4 rings (SSSR count). The van der Waals surface area contributed by atoms with Crippen molar-refractivity contribution in [1.29, 1.82) is 0 Å². The Labute approximate surface area is 102 Å². The lowest BCUT2D eigenvalue weighted by atomic mass is 10.2. The molecule has 0 atom stereocenters. The van der Waals surface area contributed by atoms with Crippen molar-refractivity contribution >= 4 is 27.6 Å². The van der Waals surface area contributed by atoms with Crippen LogP contribution in [0.5, 0.6) is 0 Å². The van der Waals surface area contributed by atoms with Gasteiger partial charge in [-0.2, -0.15) is 0 Å². The van der Waals surface area contributed by atoms with Gasteiger partial charge in [-0.3, -0.25) is 9.20 Å². The zero-order valence-electron chi connectivity index (χ0n) is 9.42. The number of aromatic amines is 1. The van der Waals surface area contributed by atoms with Gasteiger partial charge in [-0.05, 0) is 18.2 Å². The Morgan fingerprint density at radius 1 is 1.11 bits per heavy atom. The Kier molecular flexibility index (Phi) is 1.67. The first kappa shape index (κ1) is 9.41. The molecule has 4 aromatic rings. The molecule has 0 radical (unpaired) electrons. The molecule has 0 unspecified atom stereocenters. The lowest BCUT2D eigenvalue weighted by Crippen LogP contribution is -2.02. The molecule has 1 N–H and O–H groups in total. The maximum atomic E-state index is 11.3. The number of para-hydroxylation sites is 2. The highest BCUT2D eigenvalue weighted by Gasteiger charge is 2.05. The van der Waals surface area contributed by atoms with Crippen LogP contribution in [0.1, 0.15) is 0 Å². The average molecular weight is 235 g/mol. The van der Waals surface area contributed by atoms with Crippen molar-refractivity contribution in [3.05, 3.63) is 59.0 Å². The van der Waals surface area contributed by atoms with Crippen molar-refractivity contribution in [2.75, 3.05) is 0 Å². The van der Waals surface area contributed by atoms with E-state index in [9.17, 15) is 4.79 Å². The van der Waals surface area contributed by atoms with Crippen LogP contribution >= 0.6 is 0 Å². The third-order valence-electron chi connectivity index (χ3n) is 3.15. The highest BCUT2D eigenvalue weighted by Crippen LogP contribution is 2.19. The summed E-state index contributed by atoms with van der Waals surface area (Å²) in [6, 6.07) is 13.2. The van der Waals surface area contributed by atoms with Crippen LogP contribution in [0.4, 0.5) is 0 Å². The molecule has 4 heteroatoms. The smallest absolute Gasteiger partial charge is 0.248 e. The number of hydrogen-bond donors (Lipinski definition) is 1. The Morgan fingerprint density at radius 3 is 2.94 bits per heavy atom. The average Bonchev–Trinajstić information content (AvgIpc) is 2.73. The minimum absolute atomic E-state index is 0.0945. The maximum Gasteiger partial charge on any atom is 0.248 e. The number of rotatable bonds is 0. The minimum Gasteiger partial charge on any atom is -0.322 e. The van der Waals surface area contributed by atoms with Crippen molar-refractivity contribution in [3.8, 4) is 0 Å². The predicted octanol–water partition coefficient (Wildman–Crippen LogP) is 2.33. The Hall–Kier alpha value is -2.62. The van der Waals surface area contributed by atoms with E-state index in [1.165, 1.54) is 6.07 Å². The van der Waals surface area contributed by atoms with E-state index >= 15 is 0 Å². The van der Waals surface area contributed by atoms with Gasteiger partial charge in [0.15, 0.2) is 0 Å². The summed E-state index contributed by atoms with van der Waals surface area (Å²) in [4.78, 5) is 18.7. The molecule has 0 fully saturated rings. The van der Waals surface area contributed by atoms with Crippen molar-refractivity contribution in [3.63, 3.8) is 0 Å². The van der Waals surface area contributed by atoms with E-state index in [2.05, 4.69) is 9.97 Å². The molecule has 18 heavy (non-hydrogen) atoms. The van der Waals surface area contributed by atoms with E-state index in [4.69, 9.17) is 0 Å². The number of benzene rings is 1. The fourth-order valence-electron chi connectivity index (χ4n) is 2.30. The van der Waals surface area contributed by atoms with Crippen LogP contribution in [0, 0.1) is 0 Å². The molecule has 0 saturated carbocycles. The largest absolute Gasteiger partial charge is 0.322 e. The molecular formula is C14H9N3O. The molecule has 0 aliphatic carbocycles. The van der Waals surface area contributed by atoms with E-state index < -0.39 is 0 Å². The van der Waals surface area contributed by atoms with Gasteiger partial charge in [0.25, 0.3) is 0 Å². The number of fused-ring (bicyclic) bond motifs is 4. The molecule has 1 aromatic carbocycles. The topological polar surface area (TPSA) is 50.2 Å². The van der Waals surface area contributed by atoms with Crippen LogP contribution in [0.2, 0.25) is 0 Å². The molecular weight excluding hydrogens is 226 g/mol. The van der Waals surface area contributed by atoms with E-state index in [1.807, 2.05) is 47.0 Å². The predicted molar refractivity (Wildman–Crippen MR) is 70.8 cm³/mol. The normalized spacial score (nSPS) is 11.6. The lowest BCUT2D eigenvalue weighted by Gasteiger charge is -1.99. The third-order valence-corrected chi connectivity index (χ3v) is 3.15. The van der Waals surface area contributed by atoms with Crippen molar-refractivity contribution in [2.24, 2.45) is 0 Å². The summed E-state index contributed by atoms with van der Waals surface area (Å²) in [5.41, 5.74) is 3.58. The second-order valence-electron chi connectivity index (χ2n) is 4.29. The van der Waals surface area contributed by atoms with Gasteiger partial charge in [-0.25, -0.2) is 4.98 Å². The molecule has 3 aromatic heterocycles. The maximum absolute atomic E-state index is 11.3. The number of aromatic nitrogens is 3. The van der Waals surface area contributed by atoms with Crippen LogP contribution in [0.3, 0.4) is 0 Å². The summed E-state index contributed by atoms with van der Waals surface area (Å²) < 4.78 is 2.04. The summed E-state index contributed by atoms with van der Waals surface area (Å²) in [7, 11) is 0. The van der Waals surface area contributed by atoms with Gasteiger partial charge in [-0.15, -0.1) is 0 Å². The number of H-pyrrole nitrogens is 1. The first-order valence-corrected chi connectivity index (χ1v) is 5.71. The fraction of sp³-hybridized carbons (Fsp3) is 0. The van der Waals surface area contributed by atoms with Crippen molar-refractivity contribution in [2.45, 2.75) is 0 Å². The first-order chi connectivity index (χ1) is 8.81. The highest BCUT2D eigenvalue weighted by molar-refractivity contribution is 5.87. The Balaban J connectivity index is 2.27. The zero-order chi connectivity index (χ0) is 12.1. The Bertz CT molecular complexity index is 949. The minimum atomic E-state index is -0.0945. The molecule has 3 heterocycles. The van der Waals surface area contributed by atoms with Gasteiger partial charge in [0, 0.05) is 23.7 Å². The summed E-state index contributed by atoms with van der Waals surface area (Å²) in [6.07, 6.45) is 2.00. The monoisotopic (exact) mass is 235 g/mol. The SMILES string of the molecule is O=c1ccc2cn3c(cc2[nH]1)nc1ccccc13. The molecule has 0 aliphatic heterocycles. The molecule has 0 amide bonds. The molecule has 0 bridgehead atoms. The van der Waals surface area contributed by atoms with Gasteiger partial charge in [0.2, 0.25) is 5.56 Å². The van der Waals surface area contributed by atoms with E-state index in [-0.39, 0.29) is 5.56 Å². The quantitative estimate of drug-likeness (QED) is 0.508. The molecule has 4 nitrogen and oxygen atoms in total. The molecule has 86 valence electrons. The van der Waals surface area contributed by atoms with E-state index in [0.717, 1.165) is 27.6 Å². The first-order valence-electron chi connectivity index (χ1n) is 5.71. The molecule has 0 aliphatic rings. The van der Waals surface area contributed by atoms with E-state index in [0.29, 0.717) is 0 Å². The summed E-state index contributed by atoms with van der Waals surface area (Å²) >= 11 is 0. The second-order valence-corrected chi connectivity index (χ2v) is 4.29. The standard InChI is InChI=1S/C14H9N3O/c18-14-6-5-9-8-17-12-4-2-1-3-10(12)15-13(17)7-11(9)16-14/h1-8H,(H,16,18). The van der Waals surface area contributed by atoms with Gasteiger partial charge < -0.3 is 4.98 Å². The van der Waals surface area contributed by atoms with E-state index in [1.54, 1.807) is 0 Å². The third kappa shape index (κ3) is 1.20. The van der Waals surface area contributed by atoms with Crippen LogP contribution < -0.4 is 5.56 Å². The molecule has 0 spiro atoms. The van der Waals surface area contributed by atoms with Gasteiger partial charge in [0.1, 0.15) is 5.65 Å². The van der Waals surface area contributed by atoms with Crippen LogP contribution in [0.25, 0.3) is 27.6 Å². The van der Waals surface area contributed by atoms with Gasteiger partial charge in [0.05, 0.1) is 16.6 Å². The van der Waals surface area contributed by atoms with Crippen LogP contribution in [-0.2, 0) is 0 Å². The highest BCUT2D eigenvalue weighted by atomic mass is 16.1. The van der Waals surface area contributed by atoms with Gasteiger partial charge in [-0.1, -0.05) is 12.1 Å². The number of imidazole rings is 1.